The third-order valence-electron chi connectivity index (χ3n) is 6.64. The Balaban J connectivity index is 1.92. The smallest absolute Gasteiger partial charge is 0.257 e. The summed E-state index contributed by atoms with van der Waals surface area (Å²) in [5.74, 6) is 0.201. The van der Waals surface area contributed by atoms with Crippen LogP contribution in [-0.4, -0.2) is 94.3 Å². The zero-order valence-corrected chi connectivity index (χ0v) is 22.9. The fraction of sp³-hybridized carbons (Fsp3) is 0.464. The lowest BCUT2D eigenvalue weighted by Gasteiger charge is -2.36. The van der Waals surface area contributed by atoms with Gasteiger partial charge in [0.1, 0.15) is 24.7 Å². The SMILES string of the molecule is COCC(=O)N1C[C@@H](C)[C@@H](OC)CN(C)C(=O)c2ccc(NC(=O)c3ccc(OC)cc3)cc2OC[C@H]1C. The Morgan fingerprint density at radius 1 is 1.05 bits per heavy atom. The predicted molar refractivity (Wildman–Crippen MR) is 143 cm³/mol. The zero-order chi connectivity index (χ0) is 27.8. The van der Waals surface area contributed by atoms with Crippen molar-refractivity contribution in [3.63, 3.8) is 0 Å². The molecule has 2 aromatic carbocycles. The van der Waals surface area contributed by atoms with Gasteiger partial charge in [-0.05, 0) is 43.3 Å². The summed E-state index contributed by atoms with van der Waals surface area (Å²) in [6.45, 7) is 4.71. The van der Waals surface area contributed by atoms with Crippen molar-refractivity contribution in [1.82, 2.24) is 9.80 Å². The number of likely N-dealkylation sites (N-methyl/N-ethyl adjacent to an activating group) is 1. The fourth-order valence-corrected chi connectivity index (χ4v) is 4.35. The highest BCUT2D eigenvalue weighted by Crippen LogP contribution is 2.27. The number of carbonyl (C=O) groups excluding carboxylic acids is 3. The first-order valence-electron chi connectivity index (χ1n) is 12.5. The molecule has 0 aromatic heterocycles. The minimum Gasteiger partial charge on any atom is -0.497 e. The van der Waals surface area contributed by atoms with Crippen molar-refractivity contribution in [2.45, 2.75) is 26.0 Å². The van der Waals surface area contributed by atoms with Gasteiger partial charge in [0.05, 0.1) is 24.8 Å². The Morgan fingerprint density at radius 3 is 2.39 bits per heavy atom. The van der Waals surface area contributed by atoms with Crippen LogP contribution in [0, 0.1) is 5.92 Å². The van der Waals surface area contributed by atoms with Crippen molar-refractivity contribution in [2.24, 2.45) is 5.92 Å². The molecule has 1 aliphatic heterocycles. The van der Waals surface area contributed by atoms with E-state index in [1.165, 1.54) is 7.11 Å². The molecule has 0 spiro atoms. The normalized spacial score (nSPS) is 20.5. The van der Waals surface area contributed by atoms with E-state index in [1.807, 2.05) is 13.8 Å². The number of methoxy groups -OCH3 is 3. The third kappa shape index (κ3) is 7.02. The summed E-state index contributed by atoms with van der Waals surface area (Å²) in [4.78, 5) is 42.3. The summed E-state index contributed by atoms with van der Waals surface area (Å²) < 4.78 is 22.1. The van der Waals surface area contributed by atoms with Gasteiger partial charge in [-0.2, -0.15) is 0 Å². The van der Waals surface area contributed by atoms with Gasteiger partial charge in [0.2, 0.25) is 5.91 Å². The summed E-state index contributed by atoms with van der Waals surface area (Å²) in [5, 5.41) is 2.85. The number of ether oxygens (including phenoxy) is 4. The van der Waals surface area contributed by atoms with Crippen LogP contribution >= 0.6 is 0 Å². The molecule has 0 bridgehead atoms. The molecule has 0 fully saturated rings. The fourth-order valence-electron chi connectivity index (χ4n) is 4.35. The number of rotatable bonds is 6. The van der Waals surface area contributed by atoms with Gasteiger partial charge in [-0.15, -0.1) is 0 Å². The van der Waals surface area contributed by atoms with Gasteiger partial charge in [-0.3, -0.25) is 14.4 Å². The van der Waals surface area contributed by atoms with Crippen LogP contribution in [0.1, 0.15) is 34.6 Å². The lowest BCUT2D eigenvalue weighted by molar-refractivity contribution is -0.139. The molecule has 0 saturated heterocycles. The van der Waals surface area contributed by atoms with Crippen molar-refractivity contribution in [3.8, 4) is 11.5 Å². The Bertz CT molecular complexity index is 1120. The summed E-state index contributed by atoms with van der Waals surface area (Å²) in [7, 11) is 6.34. The van der Waals surface area contributed by atoms with Crippen LogP contribution in [0.15, 0.2) is 42.5 Å². The molecule has 0 aliphatic carbocycles. The molecule has 3 rings (SSSR count). The molecule has 2 aromatic rings. The molecule has 0 radical (unpaired) electrons. The number of amides is 3. The monoisotopic (exact) mass is 527 g/mol. The van der Waals surface area contributed by atoms with Crippen LogP contribution in [0.25, 0.3) is 0 Å². The number of anilines is 1. The second-order valence-electron chi connectivity index (χ2n) is 9.47. The minimum absolute atomic E-state index is 0.0482. The number of hydrogen-bond acceptors (Lipinski definition) is 7. The Kier molecular flexibility index (Phi) is 10.1. The average molecular weight is 528 g/mol. The van der Waals surface area contributed by atoms with Crippen molar-refractivity contribution < 1.29 is 33.3 Å². The van der Waals surface area contributed by atoms with Gasteiger partial charge < -0.3 is 34.1 Å². The first-order chi connectivity index (χ1) is 18.2. The zero-order valence-electron chi connectivity index (χ0n) is 22.9. The van der Waals surface area contributed by atoms with Gasteiger partial charge in [-0.25, -0.2) is 0 Å². The average Bonchev–Trinajstić information content (AvgIpc) is 2.92. The van der Waals surface area contributed by atoms with Gasteiger partial charge in [-0.1, -0.05) is 6.92 Å². The van der Waals surface area contributed by atoms with E-state index in [9.17, 15) is 14.4 Å². The lowest BCUT2D eigenvalue weighted by Crippen LogP contribution is -2.49. The summed E-state index contributed by atoms with van der Waals surface area (Å²) >= 11 is 0. The summed E-state index contributed by atoms with van der Waals surface area (Å²) in [6.07, 6.45) is -0.291. The van der Waals surface area contributed by atoms with Crippen LogP contribution in [0.3, 0.4) is 0 Å². The van der Waals surface area contributed by atoms with Crippen LogP contribution in [-0.2, 0) is 14.3 Å². The van der Waals surface area contributed by atoms with E-state index in [0.717, 1.165) is 0 Å². The molecule has 3 atom stereocenters. The Labute approximate surface area is 223 Å². The largest absolute Gasteiger partial charge is 0.497 e. The molecule has 1 N–H and O–H groups in total. The van der Waals surface area contributed by atoms with Crippen LogP contribution in [0.2, 0.25) is 0 Å². The summed E-state index contributed by atoms with van der Waals surface area (Å²) in [6, 6.07) is 11.3. The molecule has 206 valence electrons. The molecular formula is C28H37N3O7. The number of nitrogens with one attached hydrogen (secondary N) is 1. The molecule has 0 saturated carbocycles. The third-order valence-corrected chi connectivity index (χ3v) is 6.64. The first-order valence-corrected chi connectivity index (χ1v) is 12.5. The van der Waals surface area contributed by atoms with E-state index in [2.05, 4.69) is 5.32 Å². The van der Waals surface area contributed by atoms with Crippen LogP contribution in [0.4, 0.5) is 5.69 Å². The van der Waals surface area contributed by atoms with Crippen molar-refractivity contribution in [2.75, 3.05) is 60.0 Å². The number of hydrogen-bond donors (Lipinski definition) is 1. The van der Waals surface area contributed by atoms with Gasteiger partial charge in [0.15, 0.2) is 0 Å². The number of benzene rings is 2. The van der Waals surface area contributed by atoms with E-state index >= 15 is 0 Å². The second-order valence-corrected chi connectivity index (χ2v) is 9.47. The first kappa shape index (κ1) is 28.9. The standard InChI is InChI=1S/C28H37N3O7/c1-18-14-31(26(32)17-35-4)19(2)16-38-24-13-21(29-27(33)20-7-10-22(36-5)11-8-20)9-12-23(24)28(34)30(3)15-25(18)37-6/h7-13,18-19,25H,14-17H2,1-6H3,(H,29,33)/t18-,19-,25+/m1/s1. The van der Waals surface area contributed by atoms with E-state index in [-0.39, 0.29) is 49.0 Å². The van der Waals surface area contributed by atoms with Gasteiger partial charge >= 0.3 is 0 Å². The molecule has 0 unspecified atom stereocenters. The van der Waals surface area contributed by atoms with Crippen LogP contribution in [0.5, 0.6) is 11.5 Å². The number of carbonyl (C=O) groups is 3. The highest BCUT2D eigenvalue weighted by atomic mass is 16.5. The van der Waals surface area contributed by atoms with Crippen molar-refractivity contribution in [1.29, 1.82) is 0 Å². The molecule has 1 heterocycles. The topological polar surface area (TPSA) is 107 Å². The maximum absolute atomic E-state index is 13.4. The maximum atomic E-state index is 13.4. The lowest BCUT2D eigenvalue weighted by atomic mass is 10.0. The van der Waals surface area contributed by atoms with Gasteiger partial charge in [0.25, 0.3) is 11.8 Å². The number of fused-ring (bicyclic) bond motifs is 1. The molecule has 1 aliphatic rings. The molecule has 10 nitrogen and oxygen atoms in total. The van der Waals surface area contributed by atoms with Gasteiger partial charge in [0, 0.05) is 57.6 Å². The molecule has 38 heavy (non-hydrogen) atoms. The maximum Gasteiger partial charge on any atom is 0.257 e. The Hall–Kier alpha value is -3.63. The Morgan fingerprint density at radius 2 is 1.76 bits per heavy atom. The highest BCUT2D eigenvalue weighted by molar-refractivity contribution is 6.05. The van der Waals surface area contributed by atoms with E-state index in [1.54, 1.807) is 73.5 Å². The quantitative estimate of drug-likeness (QED) is 0.616. The van der Waals surface area contributed by atoms with E-state index < -0.39 is 0 Å². The van der Waals surface area contributed by atoms with E-state index in [4.69, 9.17) is 18.9 Å². The van der Waals surface area contributed by atoms with Crippen molar-refractivity contribution >= 4 is 23.4 Å². The molecule has 3 amide bonds. The minimum atomic E-state index is -0.314. The molecule has 10 heteroatoms. The second kappa shape index (κ2) is 13.3. The molecular weight excluding hydrogens is 490 g/mol. The van der Waals surface area contributed by atoms with E-state index in [0.29, 0.717) is 41.4 Å². The van der Waals surface area contributed by atoms with Crippen LogP contribution < -0.4 is 14.8 Å². The highest BCUT2D eigenvalue weighted by Gasteiger charge is 2.30. The predicted octanol–water partition coefficient (Wildman–Crippen LogP) is 2.93. The summed E-state index contributed by atoms with van der Waals surface area (Å²) in [5.41, 5.74) is 1.27. The van der Waals surface area contributed by atoms with Crippen molar-refractivity contribution in [3.05, 3.63) is 53.6 Å². The number of nitrogens with zero attached hydrogens (tertiary/aromatic N) is 2.